The molecule has 9 heteroatoms. The molecule has 2 aromatic heterocycles. The van der Waals surface area contributed by atoms with E-state index in [0.29, 0.717) is 26.1 Å². The first-order valence-electron chi connectivity index (χ1n) is 8.75. The van der Waals surface area contributed by atoms with Gasteiger partial charge in [-0.2, -0.15) is 4.31 Å². The quantitative estimate of drug-likeness (QED) is 0.675. The van der Waals surface area contributed by atoms with Gasteiger partial charge in [-0.25, -0.2) is 8.42 Å². The predicted molar refractivity (Wildman–Crippen MR) is 102 cm³/mol. The molecule has 1 amide bonds. The van der Waals surface area contributed by atoms with Crippen molar-refractivity contribution in [2.75, 3.05) is 19.6 Å². The first kappa shape index (κ1) is 20.8. The van der Waals surface area contributed by atoms with Gasteiger partial charge in [0.15, 0.2) is 0 Å². The highest BCUT2D eigenvalue weighted by Gasteiger charge is 2.22. The number of hydrogen-bond donors (Lipinski definition) is 1. The summed E-state index contributed by atoms with van der Waals surface area (Å²) in [6, 6.07) is 7.97. The van der Waals surface area contributed by atoms with Gasteiger partial charge in [-0.1, -0.05) is 19.9 Å². The highest BCUT2D eigenvalue weighted by Crippen LogP contribution is 2.13. The first-order chi connectivity index (χ1) is 12.9. The average molecular weight is 392 g/mol. The summed E-state index contributed by atoms with van der Waals surface area (Å²) in [5, 5.41) is 2.71. The van der Waals surface area contributed by atoms with Gasteiger partial charge in [0.1, 0.15) is 6.54 Å². The van der Waals surface area contributed by atoms with Crippen molar-refractivity contribution in [3.63, 3.8) is 0 Å². The van der Waals surface area contributed by atoms with Crippen molar-refractivity contribution in [2.24, 2.45) is 0 Å². The van der Waals surface area contributed by atoms with Crippen LogP contribution in [0.3, 0.4) is 0 Å². The molecule has 0 atom stereocenters. The molecular formula is C18H24N4O4S. The van der Waals surface area contributed by atoms with Gasteiger partial charge >= 0.3 is 0 Å². The van der Waals surface area contributed by atoms with E-state index in [9.17, 15) is 18.0 Å². The maximum absolute atomic E-state index is 12.6. The third kappa shape index (κ3) is 5.48. The number of hydrogen-bond acceptors (Lipinski definition) is 5. The lowest BCUT2D eigenvalue weighted by atomic mass is 10.3. The van der Waals surface area contributed by atoms with E-state index in [2.05, 4.69) is 10.3 Å². The molecule has 0 aliphatic rings. The van der Waals surface area contributed by atoms with E-state index >= 15 is 0 Å². The zero-order valence-electron chi connectivity index (χ0n) is 15.5. The number of sulfonamides is 1. The van der Waals surface area contributed by atoms with Crippen molar-refractivity contribution in [2.45, 2.75) is 31.7 Å². The molecule has 0 bridgehead atoms. The molecule has 27 heavy (non-hydrogen) atoms. The van der Waals surface area contributed by atoms with Crippen LogP contribution in [0.15, 0.2) is 52.4 Å². The molecule has 2 aromatic rings. The average Bonchev–Trinajstić information content (AvgIpc) is 2.65. The predicted octanol–water partition coefficient (Wildman–Crippen LogP) is 0.633. The lowest BCUT2D eigenvalue weighted by Gasteiger charge is -2.19. The smallest absolute Gasteiger partial charge is 0.251 e. The largest absolute Gasteiger partial charge is 0.354 e. The van der Waals surface area contributed by atoms with Crippen molar-refractivity contribution >= 4 is 15.9 Å². The fourth-order valence-electron chi connectivity index (χ4n) is 2.58. The number of pyridine rings is 2. The number of amides is 1. The van der Waals surface area contributed by atoms with Gasteiger partial charge in [0, 0.05) is 50.2 Å². The van der Waals surface area contributed by atoms with Crippen molar-refractivity contribution in [1.29, 1.82) is 0 Å². The van der Waals surface area contributed by atoms with Gasteiger partial charge in [0.25, 0.3) is 5.56 Å². The molecule has 0 fully saturated rings. The Hall–Kier alpha value is -2.52. The monoisotopic (exact) mass is 392 g/mol. The molecule has 0 spiro atoms. The third-order valence-corrected chi connectivity index (χ3v) is 6.08. The summed E-state index contributed by atoms with van der Waals surface area (Å²) in [7, 11) is -3.70. The van der Waals surface area contributed by atoms with Crippen LogP contribution < -0.4 is 10.9 Å². The first-order valence-corrected chi connectivity index (χ1v) is 10.2. The Morgan fingerprint density at radius 3 is 2.56 bits per heavy atom. The molecule has 0 saturated carbocycles. The lowest BCUT2D eigenvalue weighted by Crippen LogP contribution is -2.35. The van der Waals surface area contributed by atoms with E-state index < -0.39 is 15.6 Å². The molecule has 2 heterocycles. The maximum atomic E-state index is 12.6. The highest BCUT2D eigenvalue weighted by atomic mass is 32.2. The zero-order valence-corrected chi connectivity index (χ0v) is 16.3. The summed E-state index contributed by atoms with van der Waals surface area (Å²) in [6.45, 7) is 4.26. The van der Waals surface area contributed by atoms with Crippen LogP contribution in [0, 0.1) is 0 Å². The Balaban J connectivity index is 2.05. The summed E-state index contributed by atoms with van der Waals surface area (Å²) in [5.74, 6) is -0.370. The second-order valence-electron chi connectivity index (χ2n) is 5.84. The molecule has 0 unspecified atom stereocenters. The Labute approximate surface area is 158 Å². The van der Waals surface area contributed by atoms with Crippen LogP contribution in [0.5, 0.6) is 0 Å². The molecule has 0 aliphatic heterocycles. The van der Waals surface area contributed by atoms with Crippen molar-refractivity contribution in [3.8, 4) is 0 Å². The van der Waals surface area contributed by atoms with E-state index in [1.54, 1.807) is 20.0 Å². The van der Waals surface area contributed by atoms with Crippen LogP contribution in [-0.4, -0.2) is 47.8 Å². The van der Waals surface area contributed by atoms with Crippen LogP contribution in [0.4, 0.5) is 0 Å². The number of nitrogens with zero attached hydrogens (tertiary/aromatic N) is 3. The summed E-state index contributed by atoms with van der Waals surface area (Å²) in [6.07, 6.45) is 3.46. The Morgan fingerprint density at radius 2 is 1.93 bits per heavy atom. The minimum atomic E-state index is -3.70. The van der Waals surface area contributed by atoms with Gasteiger partial charge in [-0.05, 0) is 18.2 Å². The number of carbonyl (C=O) groups is 1. The fraction of sp³-hybridized carbons (Fsp3) is 0.389. The zero-order chi connectivity index (χ0) is 19.9. The molecule has 146 valence electrons. The molecule has 1 N–H and O–H groups in total. The SMILES string of the molecule is CCN(CC)S(=O)(=O)c1ccc(=O)n(CC(=O)NCCc2ccccn2)c1. The minimum Gasteiger partial charge on any atom is -0.354 e. The van der Waals surface area contributed by atoms with E-state index in [-0.39, 0.29) is 17.3 Å². The molecule has 2 rings (SSSR count). The summed E-state index contributed by atoms with van der Waals surface area (Å²) in [5.41, 5.74) is 0.413. The van der Waals surface area contributed by atoms with Gasteiger partial charge in [0.2, 0.25) is 15.9 Å². The third-order valence-electron chi connectivity index (χ3n) is 4.04. The van der Waals surface area contributed by atoms with Gasteiger partial charge in [-0.3, -0.25) is 14.6 Å². The van der Waals surface area contributed by atoms with E-state index in [4.69, 9.17) is 0 Å². The second kappa shape index (κ2) is 9.43. The van der Waals surface area contributed by atoms with E-state index in [1.807, 2.05) is 18.2 Å². The molecule has 8 nitrogen and oxygen atoms in total. The Bertz CT molecular complexity index is 922. The van der Waals surface area contributed by atoms with E-state index in [1.165, 1.54) is 16.6 Å². The second-order valence-corrected chi connectivity index (χ2v) is 7.78. The van der Waals surface area contributed by atoms with Gasteiger partial charge in [0.05, 0.1) is 4.90 Å². The van der Waals surface area contributed by atoms with Crippen LogP contribution in [-0.2, 0) is 27.8 Å². The number of nitrogens with one attached hydrogen (secondary N) is 1. The number of aromatic nitrogens is 2. The van der Waals surface area contributed by atoms with Gasteiger partial charge < -0.3 is 9.88 Å². The molecule has 0 aromatic carbocycles. The number of rotatable bonds is 9. The molecular weight excluding hydrogens is 368 g/mol. The standard InChI is InChI=1S/C18H24N4O4S/c1-3-22(4-2)27(25,26)16-8-9-18(24)21(13-16)14-17(23)20-12-10-15-7-5-6-11-19-15/h5-9,11,13H,3-4,10,12,14H2,1-2H3,(H,20,23). The van der Waals surface area contributed by atoms with Crippen molar-refractivity contribution < 1.29 is 13.2 Å². The molecule has 0 saturated heterocycles. The molecule has 0 radical (unpaired) electrons. The van der Waals surface area contributed by atoms with Crippen LogP contribution in [0.1, 0.15) is 19.5 Å². The topological polar surface area (TPSA) is 101 Å². The van der Waals surface area contributed by atoms with Gasteiger partial charge in [-0.15, -0.1) is 0 Å². The summed E-state index contributed by atoms with van der Waals surface area (Å²) >= 11 is 0. The minimum absolute atomic E-state index is 0.00733. The highest BCUT2D eigenvalue weighted by molar-refractivity contribution is 7.89. The normalized spacial score (nSPS) is 11.5. The fourth-order valence-corrected chi connectivity index (χ4v) is 4.06. The van der Waals surface area contributed by atoms with Crippen molar-refractivity contribution in [3.05, 3.63) is 58.8 Å². The Kier molecular flexibility index (Phi) is 7.26. The summed E-state index contributed by atoms with van der Waals surface area (Å²) in [4.78, 5) is 28.3. The van der Waals surface area contributed by atoms with Crippen LogP contribution in [0.25, 0.3) is 0 Å². The Morgan fingerprint density at radius 1 is 1.19 bits per heavy atom. The summed E-state index contributed by atoms with van der Waals surface area (Å²) < 4.78 is 27.6. The van der Waals surface area contributed by atoms with E-state index in [0.717, 1.165) is 16.3 Å². The lowest BCUT2D eigenvalue weighted by molar-refractivity contribution is -0.121. The van der Waals surface area contributed by atoms with Crippen molar-refractivity contribution in [1.82, 2.24) is 19.2 Å². The number of carbonyl (C=O) groups excluding carboxylic acids is 1. The maximum Gasteiger partial charge on any atom is 0.251 e. The van der Waals surface area contributed by atoms with Crippen LogP contribution in [0.2, 0.25) is 0 Å². The van der Waals surface area contributed by atoms with Crippen LogP contribution >= 0.6 is 0 Å². The molecule has 0 aliphatic carbocycles.